The Morgan fingerprint density at radius 1 is 1.07 bits per heavy atom. The fraction of sp³-hybridized carbons (Fsp3) is 0.409. The van der Waals surface area contributed by atoms with Crippen molar-refractivity contribution in [2.45, 2.75) is 41.2 Å². The maximum Gasteiger partial charge on any atom is 0.354 e. The number of carbonyl (C=O) groups excluding carboxylic acids is 3. The summed E-state index contributed by atoms with van der Waals surface area (Å²) >= 11 is 0. The molecule has 28 heavy (non-hydrogen) atoms. The standard InChI is InChI=1S/C22H28N2O4/c1-7-23(21(26)17-12-10-9-11-14(17)3)13-18(25)19-15(4)20(22(27)28-6)24(8-2)16(19)5/h9-12H,7-8,13H2,1-6H3. The van der Waals surface area contributed by atoms with Gasteiger partial charge in [0, 0.05) is 29.9 Å². The first kappa shape index (κ1) is 21.4. The molecule has 0 saturated carbocycles. The molecule has 1 aromatic heterocycles. The van der Waals surface area contributed by atoms with Gasteiger partial charge >= 0.3 is 5.97 Å². The van der Waals surface area contributed by atoms with Crippen LogP contribution in [0.1, 0.15) is 61.9 Å². The number of benzene rings is 1. The van der Waals surface area contributed by atoms with Crippen molar-refractivity contribution in [3.63, 3.8) is 0 Å². The maximum atomic E-state index is 13.1. The van der Waals surface area contributed by atoms with Gasteiger partial charge in [-0.05, 0) is 51.8 Å². The molecule has 0 fully saturated rings. The van der Waals surface area contributed by atoms with E-state index in [2.05, 4.69) is 0 Å². The number of hydrogen-bond acceptors (Lipinski definition) is 4. The summed E-state index contributed by atoms with van der Waals surface area (Å²) in [4.78, 5) is 39.7. The number of nitrogens with zero attached hydrogens (tertiary/aromatic N) is 2. The Morgan fingerprint density at radius 3 is 2.25 bits per heavy atom. The number of ketones is 1. The number of methoxy groups -OCH3 is 1. The molecule has 0 N–H and O–H groups in total. The highest BCUT2D eigenvalue weighted by molar-refractivity contribution is 6.06. The zero-order chi connectivity index (χ0) is 21.0. The van der Waals surface area contributed by atoms with E-state index in [0.717, 1.165) is 5.56 Å². The summed E-state index contributed by atoms with van der Waals surface area (Å²) in [6.45, 7) is 10.1. The van der Waals surface area contributed by atoms with E-state index in [1.54, 1.807) is 17.6 Å². The molecular weight excluding hydrogens is 356 g/mol. The average molecular weight is 384 g/mol. The number of likely N-dealkylation sites (N-methyl/N-ethyl adjacent to an activating group) is 1. The lowest BCUT2D eigenvalue weighted by molar-refractivity contribution is 0.0587. The minimum Gasteiger partial charge on any atom is -0.464 e. The molecule has 150 valence electrons. The fourth-order valence-corrected chi connectivity index (χ4v) is 3.62. The van der Waals surface area contributed by atoms with Gasteiger partial charge in [-0.2, -0.15) is 0 Å². The van der Waals surface area contributed by atoms with Crippen molar-refractivity contribution in [2.75, 3.05) is 20.2 Å². The van der Waals surface area contributed by atoms with Crippen LogP contribution in [-0.4, -0.2) is 47.3 Å². The van der Waals surface area contributed by atoms with Crippen LogP contribution in [0.4, 0.5) is 0 Å². The van der Waals surface area contributed by atoms with Gasteiger partial charge in [0.25, 0.3) is 5.91 Å². The van der Waals surface area contributed by atoms with Gasteiger partial charge < -0.3 is 14.2 Å². The van der Waals surface area contributed by atoms with E-state index in [1.807, 2.05) is 45.9 Å². The Hall–Kier alpha value is -2.89. The van der Waals surface area contributed by atoms with E-state index < -0.39 is 5.97 Å². The Balaban J connectivity index is 2.38. The molecule has 1 heterocycles. The van der Waals surface area contributed by atoms with Crippen LogP contribution in [0.2, 0.25) is 0 Å². The van der Waals surface area contributed by atoms with Crippen molar-refractivity contribution in [1.29, 1.82) is 0 Å². The van der Waals surface area contributed by atoms with Crippen molar-refractivity contribution in [3.05, 3.63) is 57.9 Å². The summed E-state index contributed by atoms with van der Waals surface area (Å²) in [5, 5.41) is 0. The molecule has 2 rings (SSSR count). The topological polar surface area (TPSA) is 68.6 Å². The van der Waals surface area contributed by atoms with Crippen LogP contribution in [-0.2, 0) is 11.3 Å². The second kappa shape index (κ2) is 8.87. The number of amides is 1. The molecule has 0 spiro atoms. The predicted molar refractivity (Wildman–Crippen MR) is 108 cm³/mol. The number of rotatable bonds is 7. The number of ether oxygens (including phenoxy) is 1. The Morgan fingerprint density at radius 2 is 1.71 bits per heavy atom. The third-order valence-corrected chi connectivity index (χ3v) is 5.12. The molecule has 0 atom stereocenters. The second-order valence-corrected chi connectivity index (χ2v) is 6.73. The van der Waals surface area contributed by atoms with Gasteiger partial charge in [-0.25, -0.2) is 4.79 Å². The third-order valence-electron chi connectivity index (χ3n) is 5.12. The van der Waals surface area contributed by atoms with Gasteiger partial charge in [-0.1, -0.05) is 18.2 Å². The average Bonchev–Trinajstić information content (AvgIpc) is 2.94. The van der Waals surface area contributed by atoms with Gasteiger partial charge in [-0.15, -0.1) is 0 Å². The van der Waals surface area contributed by atoms with Gasteiger partial charge in [-0.3, -0.25) is 9.59 Å². The van der Waals surface area contributed by atoms with Crippen molar-refractivity contribution >= 4 is 17.7 Å². The maximum absolute atomic E-state index is 13.1. The summed E-state index contributed by atoms with van der Waals surface area (Å²) in [7, 11) is 1.32. The van der Waals surface area contributed by atoms with Crippen LogP contribution < -0.4 is 0 Å². The number of carbonyl (C=O) groups is 3. The van der Waals surface area contributed by atoms with Crippen molar-refractivity contribution in [2.24, 2.45) is 0 Å². The van der Waals surface area contributed by atoms with Crippen LogP contribution >= 0.6 is 0 Å². The molecule has 0 unspecified atom stereocenters. The van der Waals surface area contributed by atoms with Crippen LogP contribution in [0.3, 0.4) is 0 Å². The van der Waals surface area contributed by atoms with Crippen molar-refractivity contribution in [3.8, 4) is 0 Å². The first-order valence-electron chi connectivity index (χ1n) is 9.44. The lowest BCUT2D eigenvalue weighted by atomic mass is 10.0. The van der Waals surface area contributed by atoms with Gasteiger partial charge in [0.1, 0.15) is 5.69 Å². The molecule has 6 nitrogen and oxygen atoms in total. The molecule has 2 aromatic rings. The molecule has 1 aromatic carbocycles. The summed E-state index contributed by atoms with van der Waals surface area (Å²) in [6.07, 6.45) is 0. The highest BCUT2D eigenvalue weighted by atomic mass is 16.5. The highest BCUT2D eigenvalue weighted by Gasteiger charge is 2.28. The molecule has 0 aliphatic heterocycles. The van der Waals surface area contributed by atoms with Gasteiger partial charge in [0.05, 0.1) is 13.7 Å². The first-order valence-corrected chi connectivity index (χ1v) is 9.44. The van der Waals surface area contributed by atoms with Crippen LogP contribution in [0.25, 0.3) is 0 Å². The first-order chi connectivity index (χ1) is 13.3. The lowest BCUT2D eigenvalue weighted by Crippen LogP contribution is -2.36. The van der Waals surface area contributed by atoms with Gasteiger partial charge in [0.2, 0.25) is 0 Å². The Kier molecular flexibility index (Phi) is 6.78. The minimum absolute atomic E-state index is 0.0420. The predicted octanol–water partition coefficient (Wildman–Crippen LogP) is 3.56. The number of esters is 1. The SMILES string of the molecule is CCN(CC(=O)c1c(C)c(C(=O)OC)n(CC)c1C)C(=O)c1ccccc1C. The van der Waals surface area contributed by atoms with Crippen LogP contribution in [0.15, 0.2) is 24.3 Å². The quantitative estimate of drug-likeness (QED) is 0.541. The smallest absolute Gasteiger partial charge is 0.354 e. The van der Waals surface area contributed by atoms with Gasteiger partial charge in [0.15, 0.2) is 5.78 Å². The molecule has 6 heteroatoms. The molecule has 0 aliphatic carbocycles. The van der Waals surface area contributed by atoms with E-state index in [1.165, 1.54) is 12.0 Å². The monoisotopic (exact) mass is 384 g/mol. The van der Waals surface area contributed by atoms with Crippen molar-refractivity contribution in [1.82, 2.24) is 9.47 Å². The summed E-state index contributed by atoms with van der Waals surface area (Å²) in [5.41, 5.74) is 3.64. The molecule has 1 amide bonds. The van der Waals surface area contributed by atoms with Crippen molar-refractivity contribution < 1.29 is 19.1 Å². The van der Waals surface area contributed by atoms with E-state index in [4.69, 9.17) is 4.74 Å². The third kappa shape index (κ3) is 3.86. The summed E-state index contributed by atoms with van der Waals surface area (Å²) in [6, 6.07) is 7.33. The fourth-order valence-electron chi connectivity index (χ4n) is 3.62. The number of aryl methyl sites for hydroxylation is 1. The molecule has 0 saturated heterocycles. The highest BCUT2D eigenvalue weighted by Crippen LogP contribution is 2.24. The summed E-state index contributed by atoms with van der Waals surface area (Å²) in [5.74, 6) is -0.826. The van der Waals surface area contributed by atoms with Crippen LogP contribution in [0.5, 0.6) is 0 Å². The van der Waals surface area contributed by atoms with Crippen LogP contribution in [0, 0.1) is 20.8 Å². The summed E-state index contributed by atoms with van der Waals surface area (Å²) < 4.78 is 6.67. The number of hydrogen-bond donors (Lipinski definition) is 0. The normalized spacial score (nSPS) is 10.6. The Labute approximate surface area is 166 Å². The molecular formula is C22H28N2O4. The second-order valence-electron chi connectivity index (χ2n) is 6.73. The minimum atomic E-state index is -0.468. The van der Waals surface area contributed by atoms with E-state index in [0.29, 0.717) is 41.2 Å². The molecule has 0 bridgehead atoms. The van der Waals surface area contributed by atoms with E-state index >= 15 is 0 Å². The zero-order valence-electron chi connectivity index (χ0n) is 17.5. The molecule has 0 aliphatic rings. The molecule has 0 radical (unpaired) electrons. The lowest BCUT2D eigenvalue weighted by Gasteiger charge is -2.21. The number of aromatic nitrogens is 1. The largest absolute Gasteiger partial charge is 0.464 e. The van der Waals surface area contributed by atoms with E-state index in [-0.39, 0.29) is 18.2 Å². The van der Waals surface area contributed by atoms with E-state index in [9.17, 15) is 14.4 Å². The number of Topliss-reactive ketones (excluding diaryl/α,β-unsaturated/α-hetero) is 1. The Bertz CT molecular complexity index is 912. The zero-order valence-corrected chi connectivity index (χ0v) is 17.5.